The Bertz CT molecular complexity index is 331. The second-order valence-electron chi connectivity index (χ2n) is 2.20. The van der Waals surface area contributed by atoms with Gasteiger partial charge in [0.1, 0.15) is 21.7 Å². The molecule has 0 aliphatic rings. The number of hydrogen-bond donors (Lipinski definition) is 2. The number of nitrogen functional groups attached to an aromatic ring is 1. The van der Waals surface area contributed by atoms with Gasteiger partial charge in [0.05, 0.1) is 0 Å². The first-order valence-electron chi connectivity index (χ1n) is 3.27. The van der Waals surface area contributed by atoms with E-state index in [1.165, 1.54) is 0 Å². The van der Waals surface area contributed by atoms with Gasteiger partial charge in [-0.2, -0.15) is 0 Å². The van der Waals surface area contributed by atoms with E-state index in [4.69, 9.17) is 29.0 Å². The average molecular weight is 221 g/mol. The van der Waals surface area contributed by atoms with E-state index in [1.54, 1.807) is 6.92 Å². The monoisotopic (exact) mass is 220 g/mol. The topological polar surface area (TPSA) is 80.9 Å². The Kier molecular flexibility index (Phi) is 3.02. The molecule has 1 heterocycles. The molecular formula is C6H6Cl2N4O. The number of carbonyl (C=O) groups is 1. The number of aryl methyl sites for hydroxylation is 1. The molecule has 0 aliphatic carbocycles. The SMILES string of the molecule is Cc1nc(Cl)c(C(=O)NN)c(Cl)n1. The van der Waals surface area contributed by atoms with E-state index in [0.717, 1.165) is 0 Å². The lowest BCUT2D eigenvalue weighted by Gasteiger charge is -2.03. The van der Waals surface area contributed by atoms with Gasteiger partial charge in [0.2, 0.25) is 0 Å². The molecule has 0 saturated carbocycles. The molecule has 7 heteroatoms. The Morgan fingerprint density at radius 3 is 2.23 bits per heavy atom. The third kappa shape index (κ3) is 2.06. The van der Waals surface area contributed by atoms with Crippen molar-refractivity contribution in [2.24, 2.45) is 5.84 Å². The summed E-state index contributed by atoms with van der Waals surface area (Å²) in [6, 6.07) is 0. The van der Waals surface area contributed by atoms with Crippen LogP contribution in [0.3, 0.4) is 0 Å². The summed E-state index contributed by atoms with van der Waals surface area (Å²) in [7, 11) is 0. The summed E-state index contributed by atoms with van der Waals surface area (Å²) in [5, 5.41) is -0.0269. The van der Waals surface area contributed by atoms with Crippen molar-refractivity contribution in [3.8, 4) is 0 Å². The average Bonchev–Trinajstić information content (AvgIpc) is 2.02. The number of nitrogens with one attached hydrogen (secondary N) is 1. The lowest BCUT2D eigenvalue weighted by atomic mass is 10.3. The van der Waals surface area contributed by atoms with E-state index < -0.39 is 5.91 Å². The number of amides is 1. The van der Waals surface area contributed by atoms with Crippen LogP contribution in [-0.2, 0) is 0 Å². The first kappa shape index (κ1) is 10.2. The smallest absolute Gasteiger partial charge is 0.271 e. The Morgan fingerprint density at radius 1 is 1.38 bits per heavy atom. The summed E-state index contributed by atoms with van der Waals surface area (Å²) >= 11 is 11.3. The third-order valence-electron chi connectivity index (χ3n) is 1.29. The first-order chi connectivity index (χ1) is 6.06. The van der Waals surface area contributed by atoms with Crippen LogP contribution in [0.25, 0.3) is 0 Å². The minimum atomic E-state index is -0.616. The number of hydrogen-bond acceptors (Lipinski definition) is 4. The highest BCUT2D eigenvalue weighted by Crippen LogP contribution is 2.20. The molecule has 1 amide bonds. The van der Waals surface area contributed by atoms with Crippen LogP contribution in [0.2, 0.25) is 10.3 Å². The fourth-order valence-corrected chi connectivity index (χ4v) is 1.41. The minimum absolute atomic E-state index is 0.0135. The van der Waals surface area contributed by atoms with Gasteiger partial charge < -0.3 is 0 Å². The minimum Gasteiger partial charge on any atom is -0.290 e. The van der Waals surface area contributed by atoms with Gasteiger partial charge in [-0.25, -0.2) is 15.8 Å². The molecule has 0 spiro atoms. The summed E-state index contributed by atoms with van der Waals surface area (Å²) in [6.07, 6.45) is 0. The molecule has 1 aromatic heterocycles. The molecule has 0 bridgehead atoms. The zero-order valence-corrected chi connectivity index (χ0v) is 8.15. The van der Waals surface area contributed by atoms with Gasteiger partial charge in [-0.3, -0.25) is 10.2 Å². The van der Waals surface area contributed by atoms with Crippen LogP contribution in [0.15, 0.2) is 0 Å². The zero-order chi connectivity index (χ0) is 10.0. The van der Waals surface area contributed by atoms with Gasteiger partial charge in [-0.1, -0.05) is 23.2 Å². The van der Waals surface area contributed by atoms with E-state index >= 15 is 0 Å². The maximum atomic E-state index is 11.1. The van der Waals surface area contributed by atoms with Crippen LogP contribution in [-0.4, -0.2) is 15.9 Å². The predicted molar refractivity (Wildman–Crippen MR) is 48.4 cm³/mol. The van der Waals surface area contributed by atoms with Crippen molar-refractivity contribution < 1.29 is 4.79 Å². The van der Waals surface area contributed by atoms with Gasteiger partial charge in [-0.15, -0.1) is 0 Å². The summed E-state index contributed by atoms with van der Waals surface area (Å²) in [5.41, 5.74) is 1.88. The predicted octanol–water partition coefficient (Wildman–Crippen LogP) is 0.695. The second kappa shape index (κ2) is 3.87. The molecule has 3 N–H and O–H groups in total. The molecule has 1 aromatic rings. The van der Waals surface area contributed by atoms with Crippen molar-refractivity contribution in [2.45, 2.75) is 6.92 Å². The van der Waals surface area contributed by atoms with Crippen molar-refractivity contribution >= 4 is 29.1 Å². The zero-order valence-electron chi connectivity index (χ0n) is 6.64. The van der Waals surface area contributed by atoms with Crippen LogP contribution < -0.4 is 11.3 Å². The summed E-state index contributed by atoms with van der Waals surface area (Å²) in [6.45, 7) is 1.61. The van der Waals surface area contributed by atoms with Gasteiger partial charge in [0, 0.05) is 0 Å². The molecule has 1 rings (SSSR count). The highest BCUT2D eigenvalue weighted by atomic mass is 35.5. The Morgan fingerprint density at radius 2 is 1.85 bits per heavy atom. The number of nitrogens with zero attached hydrogens (tertiary/aromatic N) is 2. The van der Waals surface area contributed by atoms with Gasteiger partial charge >= 0.3 is 0 Å². The Balaban J connectivity index is 3.28. The number of nitrogens with two attached hydrogens (primary N) is 1. The van der Waals surface area contributed by atoms with E-state index in [-0.39, 0.29) is 15.9 Å². The highest BCUT2D eigenvalue weighted by Gasteiger charge is 2.16. The number of halogens is 2. The van der Waals surface area contributed by atoms with E-state index in [9.17, 15) is 4.79 Å². The van der Waals surface area contributed by atoms with E-state index in [2.05, 4.69) is 9.97 Å². The van der Waals surface area contributed by atoms with Gasteiger partial charge in [-0.05, 0) is 6.92 Å². The van der Waals surface area contributed by atoms with Crippen molar-refractivity contribution in [1.29, 1.82) is 0 Å². The normalized spacial score (nSPS) is 9.85. The van der Waals surface area contributed by atoms with Crippen molar-refractivity contribution in [3.63, 3.8) is 0 Å². The Labute approximate surface area is 84.2 Å². The number of carbonyl (C=O) groups excluding carboxylic acids is 1. The molecule has 5 nitrogen and oxygen atoms in total. The van der Waals surface area contributed by atoms with Crippen LogP contribution >= 0.6 is 23.2 Å². The van der Waals surface area contributed by atoms with Crippen molar-refractivity contribution in [1.82, 2.24) is 15.4 Å². The molecule has 0 aliphatic heterocycles. The van der Waals surface area contributed by atoms with Gasteiger partial charge in [0.25, 0.3) is 5.91 Å². The lowest BCUT2D eigenvalue weighted by Crippen LogP contribution is -2.31. The van der Waals surface area contributed by atoms with Crippen LogP contribution in [0.1, 0.15) is 16.2 Å². The van der Waals surface area contributed by atoms with Crippen LogP contribution in [0.5, 0.6) is 0 Å². The van der Waals surface area contributed by atoms with Crippen LogP contribution in [0.4, 0.5) is 0 Å². The molecule has 0 radical (unpaired) electrons. The fourth-order valence-electron chi connectivity index (χ4n) is 0.766. The van der Waals surface area contributed by atoms with E-state index in [0.29, 0.717) is 5.82 Å². The molecule has 0 aromatic carbocycles. The second-order valence-corrected chi connectivity index (χ2v) is 2.92. The number of rotatable bonds is 1. The largest absolute Gasteiger partial charge is 0.290 e. The summed E-state index contributed by atoms with van der Waals surface area (Å²) < 4.78 is 0. The van der Waals surface area contributed by atoms with E-state index in [1.807, 2.05) is 5.43 Å². The fraction of sp³-hybridized carbons (Fsp3) is 0.167. The maximum absolute atomic E-state index is 11.1. The summed E-state index contributed by atoms with van der Waals surface area (Å²) in [4.78, 5) is 18.6. The van der Waals surface area contributed by atoms with Crippen molar-refractivity contribution in [3.05, 3.63) is 21.7 Å². The molecule has 0 unspecified atom stereocenters. The quantitative estimate of drug-likeness (QED) is 0.316. The Hall–Kier alpha value is -0.910. The van der Waals surface area contributed by atoms with Crippen molar-refractivity contribution in [2.75, 3.05) is 0 Å². The molecular weight excluding hydrogens is 215 g/mol. The van der Waals surface area contributed by atoms with Crippen LogP contribution in [0, 0.1) is 6.92 Å². The molecule has 13 heavy (non-hydrogen) atoms. The molecule has 0 fully saturated rings. The number of hydrazine groups is 1. The van der Waals surface area contributed by atoms with Gasteiger partial charge in [0.15, 0.2) is 0 Å². The number of aromatic nitrogens is 2. The molecule has 0 saturated heterocycles. The standard InChI is InChI=1S/C6H6Cl2N4O/c1-2-10-4(7)3(5(8)11-2)6(13)12-9/h9H2,1H3,(H,12,13). The molecule has 70 valence electrons. The summed E-state index contributed by atoms with van der Waals surface area (Å²) in [5.74, 6) is 4.68. The molecule has 0 atom stereocenters. The highest BCUT2D eigenvalue weighted by molar-refractivity contribution is 6.38. The maximum Gasteiger partial charge on any atom is 0.271 e. The first-order valence-corrected chi connectivity index (χ1v) is 4.02. The lowest BCUT2D eigenvalue weighted by molar-refractivity contribution is 0.0953. The third-order valence-corrected chi connectivity index (χ3v) is 1.84.